The van der Waals surface area contributed by atoms with Crippen molar-refractivity contribution >= 4 is 40.7 Å². The molecule has 5 rings (SSSR count). The van der Waals surface area contributed by atoms with E-state index in [1.54, 1.807) is 46.5 Å². The van der Waals surface area contributed by atoms with Crippen LogP contribution in [-0.2, 0) is 5.54 Å². The van der Waals surface area contributed by atoms with Gasteiger partial charge in [-0.3, -0.25) is 19.5 Å². The third-order valence-corrected chi connectivity index (χ3v) is 7.39. The number of fused-ring (bicyclic) bond motifs is 1. The summed E-state index contributed by atoms with van der Waals surface area (Å²) in [5.74, 6) is 0.0494. The predicted octanol–water partition coefficient (Wildman–Crippen LogP) is 5.70. The topological polar surface area (TPSA) is 66.4 Å². The van der Waals surface area contributed by atoms with Crippen molar-refractivity contribution in [3.05, 3.63) is 87.4 Å². The van der Waals surface area contributed by atoms with Gasteiger partial charge in [0.25, 0.3) is 11.8 Å². The Bertz CT molecular complexity index is 1290. The molecular formula is C26H24Cl2N4O2. The molecule has 2 amide bonds. The Morgan fingerprint density at radius 1 is 1.09 bits per heavy atom. The third-order valence-electron chi connectivity index (χ3n) is 6.85. The number of halogens is 2. The lowest BCUT2D eigenvalue weighted by atomic mass is 9.89. The molecule has 0 aliphatic carbocycles. The van der Waals surface area contributed by atoms with E-state index in [2.05, 4.69) is 16.0 Å². The first-order valence-corrected chi connectivity index (χ1v) is 12.0. The molecule has 3 aromatic rings. The zero-order chi connectivity index (χ0) is 24.0. The van der Waals surface area contributed by atoms with Crippen LogP contribution in [0.4, 0.5) is 5.69 Å². The van der Waals surface area contributed by atoms with E-state index in [4.69, 9.17) is 23.2 Å². The zero-order valence-electron chi connectivity index (χ0n) is 19.0. The van der Waals surface area contributed by atoms with Crippen LogP contribution in [0.3, 0.4) is 0 Å². The Hall–Kier alpha value is -2.96. The average Bonchev–Trinajstić information content (AvgIpc) is 3.03. The molecule has 2 aliphatic rings. The fraction of sp³-hybridized carbons (Fsp3) is 0.308. The SMILES string of the molecule is CC1(C)c2cc(Cl)ccc2C(=O)N1c1cncc(C2CCN(C(=O)c3ncccc3Cl)CC2)c1. The van der Waals surface area contributed by atoms with Crippen LogP contribution in [-0.4, -0.2) is 39.8 Å². The van der Waals surface area contributed by atoms with Gasteiger partial charge in [-0.2, -0.15) is 0 Å². The molecule has 0 spiro atoms. The molecule has 0 saturated carbocycles. The normalized spacial score (nSPS) is 17.7. The summed E-state index contributed by atoms with van der Waals surface area (Å²) < 4.78 is 0. The number of hydrogen-bond acceptors (Lipinski definition) is 4. The van der Waals surface area contributed by atoms with Gasteiger partial charge < -0.3 is 4.90 Å². The molecule has 2 aliphatic heterocycles. The summed E-state index contributed by atoms with van der Waals surface area (Å²) in [6.45, 7) is 5.26. The average molecular weight is 495 g/mol. The lowest BCUT2D eigenvalue weighted by molar-refractivity contribution is 0.0707. The molecule has 0 bridgehead atoms. The molecule has 0 N–H and O–H groups in total. The van der Waals surface area contributed by atoms with Gasteiger partial charge in [0.15, 0.2) is 0 Å². The van der Waals surface area contributed by atoms with Crippen LogP contribution in [0.2, 0.25) is 10.0 Å². The van der Waals surface area contributed by atoms with Gasteiger partial charge >= 0.3 is 0 Å². The number of rotatable bonds is 3. The third kappa shape index (κ3) is 3.85. The fourth-order valence-corrected chi connectivity index (χ4v) is 5.42. The number of hydrogen-bond donors (Lipinski definition) is 0. The number of likely N-dealkylation sites (tertiary alicyclic amines) is 1. The first-order chi connectivity index (χ1) is 16.3. The molecule has 8 heteroatoms. The number of piperidine rings is 1. The Kier molecular flexibility index (Phi) is 5.82. The first kappa shape index (κ1) is 22.8. The van der Waals surface area contributed by atoms with E-state index in [0.717, 1.165) is 29.7 Å². The van der Waals surface area contributed by atoms with Gasteiger partial charge in [0.2, 0.25) is 0 Å². The minimum Gasteiger partial charge on any atom is -0.337 e. The smallest absolute Gasteiger partial charge is 0.273 e. The largest absolute Gasteiger partial charge is 0.337 e. The fourth-order valence-electron chi connectivity index (χ4n) is 5.04. The summed E-state index contributed by atoms with van der Waals surface area (Å²) in [4.78, 5) is 38.4. The highest BCUT2D eigenvalue weighted by molar-refractivity contribution is 6.33. The van der Waals surface area contributed by atoms with Gasteiger partial charge in [-0.1, -0.05) is 23.2 Å². The number of pyridine rings is 2. The highest BCUT2D eigenvalue weighted by Gasteiger charge is 2.44. The van der Waals surface area contributed by atoms with Gasteiger partial charge in [-0.25, -0.2) is 4.98 Å². The van der Waals surface area contributed by atoms with E-state index in [0.29, 0.717) is 34.4 Å². The first-order valence-electron chi connectivity index (χ1n) is 11.3. The Labute approximate surface area is 208 Å². The van der Waals surface area contributed by atoms with Crippen molar-refractivity contribution in [1.29, 1.82) is 0 Å². The van der Waals surface area contributed by atoms with Crippen LogP contribution in [0, 0.1) is 0 Å². The maximum Gasteiger partial charge on any atom is 0.273 e. The molecule has 6 nitrogen and oxygen atoms in total. The Morgan fingerprint density at radius 3 is 2.59 bits per heavy atom. The maximum absolute atomic E-state index is 13.3. The van der Waals surface area contributed by atoms with Crippen molar-refractivity contribution in [2.24, 2.45) is 0 Å². The molecule has 174 valence electrons. The molecule has 2 aromatic heterocycles. The van der Waals surface area contributed by atoms with Crippen molar-refractivity contribution in [2.75, 3.05) is 18.0 Å². The molecule has 0 unspecified atom stereocenters. The Morgan fingerprint density at radius 2 is 1.85 bits per heavy atom. The number of aromatic nitrogens is 2. The second-order valence-corrected chi connectivity index (χ2v) is 10.1. The van der Waals surface area contributed by atoms with Gasteiger partial charge in [0.05, 0.1) is 22.4 Å². The van der Waals surface area contributed by atoms with E-state index in [9.17, 15) is 9.59 Å². The van der Waals surface area contributed by atoms with Gasteiger partial charge in [-0.05, 0) is 80.1 Å². The number of carbonyl (C=O) groups excluding carboxylic acids is 2. The minimum absolute atomic E-state index is 0.0525. The summed E-state index contributed by atoms with van der Waals surface area (Å²) in [7, 11) is 0. The summed E-state index contributed by atoms with van der Waals surface area (Å²) in [5.41, 5.74) is 3.16. The second kappa shape index (κ2) is 8.67. The number of nitrogens with zero attached hydrogens (tertiary/aromatic N) is 4. The van der Waals surface area contributed by atoms with Crippen LogP contribution < -0.4 is 4.90 Å². The zero-order valence-corrected chi connectivity index (χ0v) is 20.5. The molecule has 0 atom stereocenters. The summed E-state index contributed by atoms with van der Waals surface area (Å²) >= 11 is 12.4. The summed E-state index contributed by atoms with van der Waals surface area (Å²) in [6.07, 6.45) is 6.77. The van der Waals surface area contributed by atoms with Gasteiger partial charge in [0, 0.05) is 36.1 Å². The Balaban J connectivity index is 1.34. The van der Waals surface area contributed by atoms with Crippen molar-refractivity contribution in [1.82, 2.24) is 14.9 Å². The number of carbonyl (C=O) groups is 2. The standard InChI is InChI=1S/C26H24Cl2N4O2/c1-26(2)21-13-18(27)5-6-20(21)24(33)32(26)19-12-17(14-29-15-19)16-7-10-31(11-8-16)25(34)23-22(28)4-3-9-30-23/h3-6,9,12-16H,7-8,10-11H2,1-2H3. The van der Waals surface area contributed by atoms with Crippen LogP contribution >= 0.6 is 23.2 Å². The summed E-state index contributed by atoms with van der Waals surface area (Å²) in [5, 5.41) is 0.980. The molecule has 1 saturated heterocycles. The van der Waals surface area contributed by atoms with Crippen LogP contribution in [0.15, 0.2) is 55.0 Å². The van der Waals surface area contributed by atoms with Crippen molar-refractivity contribution in [2.45, 2.75) is 38.1 Å². The van der Waals surface area contributed by atoms with Crippen LogP contribution in [0.1, 0.15) is 64.6 Å². The number of benzene rings is 1. The molecule has 1 fully saturated rings. The van der Waals surface area contributed by atoms with Crippen LogP contribution in [0.25, 0.3) is 0 Å². The molecular weight excluding hydrogens is 471 g/mol. The van der Waals surface area contributed by atoms with E-state index in [1.807, 2.05) is 26.1 Å². The van der Waals surface area contributed by atoms with E-state index >= 15 is 0 Å². The van der Waals surface area contributed by atoms with E-state index in [1.165, 1.54) is 0 Å². The molecule has 4 heterocycles. The molecule has 34 heavy (non-hydrogen) atoms. The van der Waals surface area contributed by atoms with E-state index in [-0.39, 0.29) is 17.7 Å². The highest BCUT2D eigenvalue weighted by Crippen LogP contribution is 2.43. The number of amides is 2. The molecule has 0 radical (unpaired) electrons. The highest BCUT2D eigenvalue weighted by atomic mass is 35.5. The maximum atomic E-state index is 13.3. The second-order valence-electron chi connectivity index (χ2n) is 9.27. The lowest BCUT2D eigenvalue weighted by Crippen LogP contribution is -2.39. The quantitative estimate of drug-likeness (QED) is 0.468. The van der Waals surface area contributed by atoms with Crippen molar-refractivity contribution in [3.8, 4) is 0 Å². The van der Waals surface area contributed by atoms with Crippen molar-refractivity contribution < 1.29 is 9.59 Å². The van der Waals surface area contributed by atoms with E-state index < -0.39 is 5.54 Å². The number of anilines is 1. The summed E-state index contributed by atoms with van der Waals surface area (Å²) in [6, 6.07) is 10.9. The molecule has 1 aromatic carbocycles. The van der Waals surface area contributed by atoms with Crippen molar-refractivity contribution in [3.63, 3.8) is 0 Å². The van der Waals surface area contributed by atoms with Gasteiger partial charge in [0.1, 0.15) is 5.69 Å². The monoisotopic (exact) mass is 494 g/mol. The minimum atomic E-state index is -0.546. The van der Waals surface area contributed by atoms with Crippen LogP contribution in [0.5, 0.6) is 0 Å². The lowest BCUT2D eigenvalue weighted by Gasteiger charge is -2.34. The van der Waals surface area contributed by atoms with Gasteiger partial charge in [-0.15, -0.1) is 0 Å². The predicted molar refractivity (Wildman–Crippen MR) is 133 cm³/mol.